The summed E-state index contributed by atoms with van der Waals surface area (Å²) in [4.78, 5) is 17.4. The summed E-state index contributed by atoms with van der Waals surface area (Å²) in [6, 6.07) is 5.13. The van der Waals surface area contributed by atoms with Gasteiger partial charge in [-0.25, -0.2) is 0 Å². The van der Waals surface area contributed by atoms with Gasteiger partial charge in [0.25, 0.3) is 5.91 Å². The maximum absolute atomic E-state index is 13.4. The van der Waals surface area contributed by atoms with Crippen LogP contribution in [0.25, 0.3) is 10.9 Å². The summed E-state index contributed by atoms with van der Waals surface area (Å²) in [6.45, 7) is 5.47. The van der Waals surface area contributed by atoms with E-state index in [9.17, 15) is 15.0 Å². The number of aliphatic hydroxyl groups excluding tert-OH is 1. The molecular weight excluding hydrogens is 358 g/mol. The van der Waals surface area contributed by atoms with Crippen LogP contribution in [0.5, 0.6) is 5.75 Å². The lowest BCUT2D eigenvalue weighted by Crippen LogP contribution is -2.34. The molecule has 2 aromatic rings. The standard InChI is InChI=1S/C21H31N3O4/c1-14-20(18-9-17(26)5-6-19(18)23(14)3)21(27)24-11-15(16(12-24)13-25)10-22(2)7-8-28-4/h5-6,9,15-16,25-26H,7-8,10-13H2,1-4H3/t15-,16-/m1/s1. The van der Waals surface area contributed by atoms with E-state index in [1.807, 2.05) is 36.6 Å². The lowest BCUT2D eigenvalue weighted by atomic mass is 9.96. The van der Waals surface area contributed by atoms with Crippen molar-refractivity contribution < 1.29 is 19.7 Å². The van der Waals surface area contributed by atoms with Gasteiger partial charge in [0.15, 0.2) is 0 Å². The maximum Gasteiger partial charge on any atom is 0.256 e. The fourth-order valence-electron chi connectivity index (χ4n) is 4.25. The maximum atomic E-state index is 13.4. The fraction of sp³-hybridized carbons (Fsp3) is 0.571. The van der Waals surface area contributed by atoms with Gasteiger partial charge in [0, 0.05) is 69.5 Å². The molecule has 0 bridgehead atoms. The number of fused-ring (bicyclic) bond motifs is 1. The number of amides is 1. The Hall–Kier alpha value is -2.09. The molecule has 154 valence electrons. The highest BCUT2D eigenvalue weighted by atomic mass is 16.5. The minimum Gasteiger partial charge on any atom is -0.508 e. The summed E-state index contributed by atoms with van der Waals surface area (Å²) in [6.07, 6.45) is 0. The van der Waals surface area contributed by atoms with Gasteiger partial charge in [-0.1, -0.05) is 0 Å². The minimum atomic E-state index is -0.0332. The summed E-state index contributed by atoms with van der Waals surface area (Å²) in [5, 5.41) is 20.5. The molecule has 1 aromatic heterocycles. The fourth-order valence-corrected chi connectivity index (χ4v) is 4.25. The Labute approximate surface area is 166 Å². The second-order valence-corrected chi connectivity index (χ2v) is 7.89. The molecule has 1 saturated heterocycles. The van der Waals surface area contributed by atoms with E-state index in [0.717, 1.165) is 29.7 Å². The Morgan fingerprint density at radius 1 is 1.32 bits per heavy atom. The van der Waals surface area contributed by atoms with Gasteiger partial charge in [0.2, 0.25) is 0 Å². The van der Waals surface area contributed by atoms with Crippen LogP contribution >= 0.6 is 0 Å². The number of benzene rings is 1. The first kappa shape index (κ1) is 20.6. The lowest BCUT2D eigenvalue weighted by molar-refractivity contribution is 0.0779. The number of aromatic nitrogens is 1. The van der Waals surface area contributed by atoms with E-state index in [-0.39, 0.29) is 30.1 Å². The zero-order valence-corrected chi connectivity index (χ0v) is 17.2. The molecule has 7 nitrogen and oxygen atoms in total. The first-order valence-electron chi connectivity index (χ1n) is 9.73. The Morgan fingerprint density at radius 2 is 2.04 bits per heavy atom. The van der Waals surface area contributed by atoms with E-state index in [1.54, 1.807) is 19.2 Å². The number of carbonyl (C=O) groups is 1. The van der Waals surface area contributed by atoms with Crippen LogP contribution in [-0.2, 0) is 11.8 Å². The topological polar surface area (TPSA) is 78.2 Å². The molecule has 0 unspecified atom stereocenters. The van der Waals surface area contributed by atoms with Crippen molar-refractivity contribution in [3.63, 3.8) is 0 Å². The average Bonchev–Trinajstić information content (AvgIpc) is 3.18. The first-order chi connectivity index (χ1) is 13.4. The molecule has 0 saturated carbocycles. The molecular formula is C21H31N3O4. The van der Waals surface area contributed by atoms with Gasteiger partial charge in [0.05, 0.1) is 12.2 Å². The number of nitrogens with zero attached hydrogens (tertiary/aromatic N) is 3. The summed E-state index contributed by atoms with van der Waals surface area (Å²) in [5.41, 5.74) is 2.44. The number of likely N-dealkylation sites (tertiary alicyclic amines) is 1. The monoisotopic (exact) mass is 389 g/mol. The molecule has 1 aliphatic rings. The predicted molar refractivity (Wildman–Crippen MR) is 109 cm³/mol. The van der Waals surface area contributed by atoms with E-state index in [1.165, 1.54) is 0 Å². The van der Waals surface area contributed by atoms with Crippen LogP contribution in [0.2, 0.25) is 0 Å². The molecule has 3 rings (SSSR count). The molecule has 2 N–H and O–H groups in total. The van der Waals surface area contributed by atoms with E-state index in [2.05, 4.69) is 4.90 Å². The van der Waals surface area contributed by atoms with Gasteiger partial charge in [0.1, 0.15) is 5.75 Å². The molecule has 1 aliphatic heterocycles. The molecule has 7 heteroatoms. The highest BCUT2D eigenvalue weighted by Crippen LogP contribution is 2.32. The number of ether oxygens (including phenoxy) is 1. The normalized spacial score (nSPS) is 19.9. The van der Waals surface area contributed by atoms with Gasteiger partial charge in [-0.05, 0) is 38.1 Å². The van der Waals surface area contributed by atoms with Crippen LogP contribution in [0.3, 0.4) is 0 Å². The molecule has 0 aliphatic carbocycles. The van der Waals surface area contributed by atoms with Gasteiger partial charge < -0.3 is 29.3 Å². The zero-order valence-electron chi connectivity index (χ0n) is 17.2. The van der Waals surface area contributed by atoms with Crippen molar-refractivity contribution in [3.05, 3.63) is 29.5 Å². The predicted octanol–water partition coefficient (Wildman–Crippen LogP) is 1.45. The number of phenolic OH excluding ortho intramolecular Hbond substituents is 1. The van der Waals surface area contributed by atoms with Crippen LogP contribution < -0.4 is 0 Å². The number of hydrogen-bond acceptors (Lipinski definition) is 5. The molecule has 28 heavy (non-hydrogen) atoms. The molecule has 2 heterocycles. The molecule has 0 radical (unpaired) electrons. The lowest BCUT2D eigenvalue weighted by Gasteiger charge is -2.23. The number of likely N-dealkylation sites (N-methyl/N-ethyl adjacent to an activating group) is 1. The second kappa shape index (κ2) is 8.51. The number of aliphatic hydroxyl groups is 1. The third-order valence-corrected chi connectivity index (χ3v) is 6.01. The smallest absolute Gasteiger partial charge is 0.256 e. The third kappa shape index (κ3) is 3.87. The number of carbonyl (C=O) groups excluding carboxylic acids is 1. The Bertz CT molecular complexity index is 848. The van der Waals surface area contributed by atoms with Crippen molar-refractivity contribution >= 4 is 16.8 Å². The largest absolute Gasteiger partial charge is 0.508 e. The third-order valence-electron chi connectivity index (χ3n) is 6.01. The summed E-state index contributed by atoms with van der Waals surface area (Å²) < 4.78 is 7.12. The highest BCUT2D eigenvalue weighted by Gasteiger charge is 2.37. The Kier molecular flexibility index (Phi) is 6.27. The quantitative estimate of drug-likeness (QED) is 0.750. The number of hydrogen-bond donors (Lipinski definition) is 2. The molecule has 1 aromatic carbocycles. The molecule has 1 fully saturated rings. The van der Waals surface area contributed by atoms with Crippen molar-refractivity contribution in [2.45, 2.75) is 6.92 Å². The van der Waals surface area contributed by atoms with E-state index in [0.29, 0.717) is 25.3 Å². The second-order valence-electron chi connectivity index (χ2n) is 7.89. The van der Waals surface area contributed by atoms with Gasteiger partial charge in [-0.2, -0.15) is 0 Å². The molecule has 1 amide bonds. The van der Waals surface area contributed by atoms with Crippen LogP contribution in [0.4, 0.5) is 0 Å². The minimum absolute atomic E-state index is 0.0332. The molecule has 2 atom stereocenters. The van der Waals surface area contributed by atoms with Crippen LogP contribution in [0.15, 0.2) is 18.2 Å². The van der Waals surface area contributed by atoms with Crippen LogP contribution in [-0.4, -0.2) is 84.0 Å². The summed E-state index contributed by atoms with van der Waals surface area (Å²) >= 11 is 0. The van der Waals surface area contributed by atoms with E-state index in [4.69, 9.17) is 4.74 Å². The Balaban J connectivity index is 1.83. The number of phenols is 1. The number of aromatic hydroxyl groups is 1. The van der Waals surface area contributed by atoms with Gasteiger partial charge in [-0.3, -0.25) is 4.79 Å². The number of rotatable bonds is 7. The van der Waals surface area contributed by atoms with Gasteiger partial charge >= 0.3 is 0 Å². The highest BCUT2D eigenvalue weighted by molar-refractivity contribution is 6.08. The van der Waals surface area contributed by atoms with Crippen molar-refractivity contribution in [1.82, 2.24) is 14.4 Å². The van der Waals surface area contributed by atoms with Crippen LogP contribution in [0.1, 0.15) is 16.1 Å². The van der Waals surface area contributed by atoms with Crippen molar-refractivity contribution in [2.75, 3.05) is 53.6 Å². The van der Waals surface area contributed by atoms with Crippen molar-refractivity contribution in [2.24, 2.45) is 18.9 Å². The molecule has 0 spiro atoms. The zero-order chi connectivity index (χ0) is 20.4. The summed E-state index contributed by atoms with van der Waals surface area (Å²) in [5.74, 6) is 0.408. The number of methoxy groups -OCH3 is 1. The van der Waals surface area contributed by atoms with Crippen molar-refractivity contribution in [3.8, 4) is 5.75 Å². The average molecular weight is 389 g/mol. The van der Waals surface area contributed by atoms with Gasteiger partial charge in [-0.15, -0.1) is 0 Å². The van der Waals surface area contributed by atoms with Crippen LogP contribution in [0, 0.1) is 18.8 Å². The van der Waals surface area contributed by atoms with E-state index >= 15 is 0 Å². The van der Waals surface area contributed by atoms with E-state index < -0.39 is 0 Å². The summed E-state index contributed by atoms with van der Waals surface area (Å²) in [7, 11) is 5.65. The first-order valence-corrected chi connectivity index (χ1v) is 9.73. The Morgan fingerprint density at radius 3 is 2.71 bits per heavy atom. The number of aryl methyl sites for hydroxylation is 1. The van der Waals surface area contributed by atoms with Crippen molar-refractivity contribution in [1.29, 1.82) is 0 Å². The SMILES string of the molecule is COCCN(C)C[C@@H]1CN(C(=O)c2c(C)n(C)c3ccc(O)cc23)C[C@@H]1CO.